The van der Waals surface area contributed by atoms with Crippen molar-refractivity contribution in [2.45, 2.75) is 52.4 Å². The summed E-state index contributed by atoms with van der Waals surface area (Å²) in [5.41, 5.74) is 19.0. The van der Waals surface area contributed by atoms with E-state index in [1.54, 1.807) is 0 Å². The molecule has 0 bridgehead atoms. The number of hydrogen-bond acceptors (Lipinski definition) is 2. The summed E-state index contributed by atoms with van der Waals surface area (Å²) in [5, 5.41) is 5.70. The van der Waals surface area contributed by atoms with Gasteiger partial charge in [-0.1, -0.05) is 205 Å². The number of anilines is 6. The first-order valence-electron chi connectivity index (χ1n) is 23.5. The second kappa shape index (κ2) is 15.0. The highest BCUT2D eigenvalue weighted by molar-refractivity contribution is 7.22. The van der Waals surface area contributed by atoms with E-state index in [0.717, 1.165) is 0 Å². The van der Waals surface area contributed by atoms with Crippen molar-refractivity contribution in [3.8, 4) is 22.3 Å². The van der Waals surface area contributed by atoms with Crippen LogP contribution in [0.5, 0.6) is 0 Å². The van der Waals surface area contributed by atoms with Crippen LogP contribution in [0.3, 0.4) is 0 Å². The highest BCUT2D eigenvalue weighted by Gasteiger charge is 2.50. The lowest BCUT2D eigenvalue weighted by Gasteiger charge is -2.45. The van der Waals surface area contributed by atoms with Crippen molar-refractivity contribution in [3.63, 3.8) is 0 Å². The molecule has 0 radical (unpaired) electrons. The van der Waals surface area contributed by atoms with E-state index in [4.69, 9.17) is 0 Å². The summed E-state index contributed by atoms with van der Waals surface area (Å²) >= 11 is 0. The Bertz CT molecular complexity index is 3310. The molecule has 9 aromatic carbocycles. The van der Waals surface area contributed by atoms with Crippen molar-refractivity contribution in [1.29, 1.82) is 0 Å². The van der Waals surface area contributed by atoms with Gasteiger partial charge in [0.1, 0.15) is 0 Å². The zero-order valence-electron chi connectivity index (χ0n) is 38.7. The average Bonchev–Trinajstić information content (AvgIpc) is 3.64. The molecule has 0 unspecified atom stereocenters. The highest BCUT2D eigenvalue weighted by Crippen LogP contribution is 2.47. The number of benzene rings is 9. The molecule has 3 heterocycles. The molecule has 9 aromatic rings. The smallest absolute Gasteiger partial charge is 0.252 e. The molecular weight excluding hydrogens is 812 g/mol. The van der Waals surface area contributed by atoms with E-state index in [9.17, 15) is 0 Å². The van der Waals surface area contributed by atoms with Crippen LogP contribution >= 0.6 is 0 Å². The fourth-order valence-corrected chi connectivity index (χ4v) is 16.7. The van der Waals surface area contributed by atoms with Gasteiger partial charge in [-0.2, -0.15) is 0 Å². The lowest BCUT2D eigenvalue weighted by molar-refractivity contribution is 0.590. The number of para-hydroxylation sites is 1. The highest BCUT2D eigenvalue weighted by atomic mass is 28.3. The summed E-state index contributed by atoms with van der Waals surface area (Å²) in [4.78, 5) is 5.20. The van der Waals surface area contributed by atoms with Crippen LogP contribution in [0.4, 0.5) is 34.1 Å². The van der Waals surface area contributed by atoms with Crippen LogP contribution in [0.15, 0.2) is 212 Å². The summed E-state index contributed by atoms with van der Waals surface area (Å²) in [7, 11) is -2.77. The first-order chi connectivity index (χ1) is 32.0. The van der Waals surface area contributed by atoms with Crippen molar-refractivity contribution in [2.75, 3.05) is 9.80 Å². The van der Waals surface area contributed by atoms with Crippen molar-refractivity contribution >= 4 is 86.0 Å². The quantitative estimate of drug-likeness (QED) is 0.159. The van der Waals surface area contributed by atoms with E-state index >= 15 is 0 Å². The molecule has 0 saturated carbocycles. The molecule has 3 aliphatic heterocycles. The Morgan fingerprint density at radius 3 is 1.59 bits per heavy atom. The Labute approximate surface area is 392 Å². The summed E-state index contributed by atoms with van der Waals surface area (Å²) in [6.45, 7) is 14.0. The number of hydrogen-bond donors (Lipinski definition) is 0. The van der Waals surface area contributed by atoms with Crippen LogP contribution in [0.2, 0.25) is 0 Å². The van der Waals surface area contributed by atoms with Gasteiger partial charge in [-0.15, -0.1) is 0 Å². The van der Waals surface area contributed by atoms with E-state index in [1.807, 2.05) is 0 Å². The van der Waals surface area contributed by atoms with Gasteiger partial charge in [0.25, 0.3) is 6.71 Å². The Kier molecular flexibility index (Phi) is 9.15. The maximum Gasteiger partial charge on any atom is 0.252 e. The van der Waals surface area contributed by atoms with Crippen molar-refractivity contribution in [3.05, 3.63) is 223 Å². The molecule has 0 spiro atoms. The fourth-order valence-electron chi connectivity index (χ4n) is 11.4. The third-order valence-electron chi connectivity index (χ3n) is 14.6. The standard InChI is InChI=1S/C62H53BN2Si/c1-61(2,3)44-23-20-24-46(39-44)65-55-40-45(62(4,5)6)33-36-53(55)63-52-30-17-18-31-54(52)64(56-37-43(38-57(65)60(56)63)42-21-10-7-11-22-42)47-34-35-51-50-29-16-19-32-58(50)66(59(51)41-47,48-25-12-8-13-26-48)49-27-14-9-15-28-49/h7-41H,1-6H3. The first kappa shape index (κ1) is 40.4. The molecular formula is C62H53BN2Si. The Balaban J connectivity index is 1.18. The molecule has 0 amide bonds. The molecule has 318 valence electrons. The summed E-state index contributed by atoms with van der Waals surface area (Å²) in [6.07, 6.45) is 0. The van der Waals surface area contributed by atoms with E-state index in [0.29, 0.717) is 0 Å². The SMILES string of the molecule is CC(C)(C)c1cccc(N2c3cc(C(C)(C)C)ccc3B3c4ccccc4N(c4ccc5c(c4)[Si](c4ccccc4)(c4ccccc4)c4ccccc4-5)c4cc(-c5ccccc5)cc2c43)c1. The number of nitrogens with zero attached hydrogens (tertiary/aromatic N) is 2. The predicted molar refractivity (Wildman–Crippen MR) is 286 cm³/mol. The van der Waals surface area contributed by atoms with Gasteiger partial charge in [0.05, 0.1) is 0 Å². The summed E-state index contributed by atoms with van der Waals surface area (Å²) in [5.74, 6) is 0. The van der Waals surface area contributed by atoms with Gasteiger partial charge in [0, 0.05) is 34.1 Å². The largest absolute Gasteiger partial charge is 0.311 e. The molecule has 2 nitrogen and oxygen atoms in total. The van der Waals surface area contributed by atoms with Crippen molar-refractivity contribution < 1.29 is 0 Å². The van der Waals surface area contributed by atoms with Gasteiger partial charge in [-0.05, 0) is 130 Å². The minimum absolute atomic E-state index is 0.0171. The second-order valence-corrected chi connectivity index (χ2v) is 24.3. The van der Waals surface area contributed by atoms with Crippen molar-refractivity contribution in [1.82, 2.24) is 0 Å². The molecule has 66 heavy (non-hydrogen) atoms. The summed E-state index contributed by atoms with van der Waals surface area (Å²) < 4.78 is 0. The van der Waals surface area contributed by atoms with E-state index in [2.05, 4.69) is 264 Å². The van der Waals surface area contributed by atoms with Gasteiger partial charge in [-0.3, -0.25) is 0 Å². The molecule has 0 atom stereocenters. The zero-order valence-corrected chi connectivity index (χ0v) is 39.7. The van der Waals surface area contributed by atoms with Crippen LogP contribution < -0.4 is 46.9 Å². The first-order valence-corrected chi connectivity index (χ1v) is 25.5. The molecule has 4 heteroatoms. The van der Waals surface area contributed by atoms with E-state index in [1.165, 1.54) is 105 Å². The van der Waals surface area contributed by atoms with Crippen molar-refractivity contribution in [2.24, 2.45) is 0 Å². The topological polar surface area (TPSA) is 6.48 Å². The third kappa shape index (κ3) is 6.08. The number of rotatable bonds is 5. The molecule has 0 aromatic heterocycles. The third-order valence-corrected chi connectivity index (χ3v) is 19.5. The molecule has 0 saturated heterocycles. The van der Waals surface area contributed by atoms with Gasteiger partial charge in [0.2, 0.25) is 0 Å². The lowest BCUT2D eigenvalue weighted by Crippen LogP contribution is -2.72. The fraction of sp³-hybridized carbons (Fsp3) is 0.129. The minimum atomic E-state index is -2.77. The van der Waals surface area contributed by atoms with Gasteiger partial charge >= 0.3 is 0 Å². The van der Waals surface area contributed by atoms with Crippen LogP contribution in [0.25, 0.3) is 22.3 Å². The average molecular weight is 865 g/mol. The van der Waals surface area contributed by atoms with Crippen LogP contribution in [-0.4, -0.2) is 14.8 Å². The minimum Gasteiger partial charge on any atom is -0.311 e. The van der Waals surface area contributed by atoms with Gasteiger partial charge < -0.3 is 9.80 Å². The lowest BCUT2D eigenvalue weighted by atomic mass is 9.33. The zero-order chi connectivity index (χ0) is 45.0. The molecule has 12 rings (SSSR count). The Hall–Kier alpha value is -7.14. The molecule has 0 fully saturated rings. The Morgan fingerprint density at radius 1 is 0.364 bits per heavy atom. The van der Waals surface area contributed by atoms with Crippen LogP contribution in [0.1, 0.15) is 52.7 Å². The monoisotopic (exact) mass is 864 g/mol. The van der Waals surface area contributed by atoms with Crippen LogP contribution in [0, 0.1) is 0 Å². The molecule has 3 aliphatic rings. The normalized spacial score (nSPS) is 14.2. The van der Waals surface area contributed by atoms with Gasteiger partial charge in [0.15, 0.2) is 8.07 Å². The van der Waals surface area contributed by atoms with Gasteiger partial charge in [-0.25, -0.2) is 0 Å². The second-order valence-electron chi connectivity index (χ2n) is 20.5. The maximum absolute atomic E-state index is 2.77. The summed E-state index contributed by atoms with van der Waals surface area (Å²) in [6, 6.07) is 81.1. The predicted octanol–water partition coefficient (Wildman–Crippen LogP) is 11.4. The maximum atomic E-state index is 2.60. The molecule has 0 aliphatic carbocycles. The van der Waals surface area contributed by atoms with Crippen LogP contribution in [-0.2, 0) is 10.8 Å². The molecule has 0 N–H and O–H groups in total. The number of fused-ring (bicyclic) bond motifs is 7. The van der Waals surface area contributed by atoms with E-state index in [-0.39, 0.29) is 17.5 Å². The van der Waals surface area contributed by atoms with E-state index < -0.39 is 8.07 Å². The Morgan fingerprint density at radius 2 is 0.909 bits per heavy atom.